The van der Waals surface area contributed by atoms with Gasteiger partial charge in [-0.3, -0.25) is 14.4 Å². The zero-order valence-corrected chi connectivity index (χ0v) is 9.43. The van der Waals surface area contributed by atoms with E-state index >= 15 is 0 Å². The lowest BCUT2D eigenvalue weighted by molar-refractivity contribution is -0.197. The molecule has 0 aromatic carbocycles. The number of carbonyl (C=O) groups is 4. The molecule has 1 fully saturated rings. The van der Waals surface area contributed by atoms with E-state index in [0.29, 0.717) is 5.06 Å². The average molecular weight is 243 g/mol. The van der Waals surface area contributed by atoms with Gasteiger partial charge in [0.05, 0.1) is 19.4 Å². The van der Waals surface area contributed by atoms with Gasteiger partial charge in [0.2, 0.25) is 0 Å². The minimum atomic E-state index is -0.804. The van der Waals surface area contributed by atoms with Crippen LogP contribution >= 0.6 is 0 Å². The van der Waals surface area contributed by atoms with Gasteiger partial charge in [-0.05, 0) is 6.92 Å². The summed E-state index contributed by atoms with van der Waals surface area (Å²) in [5.74, 6) is -2.41. The first kappa shape index (κ1) is 13.1. The maximum atomic E-state index is 11.2. The van der Waals surface area contributed by atoms with Crippen LogP contribution < -0.4 is 0 Å². The van der Waals surface area contributed by atoms with Gasteiger partial charge in [-0.15, -0.1) is 5.06 Å². The second-order valence-corrected chi connectivity index (χ2v) is 3.35. The van der Waals surface area contributed by atoms with Crippen molar-refractivity contribution in [3.05, 3.63) is 0 Å². The maximum Gasteiger partial charge on any atom is 0.333 e. The summed E-state index contributed by atoms with van der Waals surface area (Å²) < 4.78 is 4.61. The van der Waals surface area contributed by atoms with Crippen LogP contribution in [-0.4, -0.2) is 35.4 Å². The van der Waals surface area contributed by atoms with E-state index in [1.165, 1.54) is 0 Å². The van der Waals surface area contributed by atoms with Crippen LogP contribution in [0.3, 0.4) is 0 Å². The second kappa shape index (κ2) is 5.97. The van der Waals surface area contributed by atoms with Crippen molar-refractivity contribution in [2.45, 2.75) is 32.6 Å². The van der Waals surface area contributed by atoms with Crippen LogP contribution in [-0.2, 0) is 28.8 Å². The highest BCUT2D eigenvalue weighted by molar-refractivity contribution is 6.01. The lowest BCUT2D eigenvalue weighted by Gasteiger charge is -2.12. The van der Waals surface area contributed by atoms with Crippen LogP contribution in [0.25, 0.3) is 0 Å². The third kappa shape index (κ3) is 3.86. The van der Waals surface area contributed by atoms with Crippen molar-refractivity contribution in [1.29, 1.82) is 0 Å². The van der Waals surface area contributed by atoms with Gasteiger partial charge in [-0.1, -0.05) is 0 Å². The lowest BCUT2D eigenvalue weighted by atomic mass is 10.3. The van der Waals surface area contributed by atoms with Crippen LogP contribution in [0.15, 0.2) is 0 Å². The summed E-state index contributed by atoms with van der Waals surface area (Å²) in [6.07, 6.45) is -0.271. The molecule has 0 unspecified atom stereocenters. The van der Waals surface area contributed by atoms with Crippen LogP contribution in [0.4, 0.5) is 0 Å². The summed E-state index contributed by atoms with van der Waals surface area (Å²) in [6, 6.07) is 0. The molecule has 2 amide bonds. The monoisotopic (exact) mass is 243 g/mol. The van der Waals surface area contributed by atoms with E-state index in [2.05, 4.69) is 9.57 Å². The Hall–Kier alpha value is -1.92. The van der Waals surface area contributed by atoms with E-state index in [1.54, 1.807) is 6.92 Å². The molecule has 1 aliphatic rings. The Labute approximate surface area is 97.6 Å². The molecule has 7 heteroatoms. The second-order valence-electron chi connectivity index (χ2n) is 3.35. The van der Waals surface area contributed by atoms with Gasteiger partial charge in [0, 0.05) is 12.8 Å². The normalized spacial score (nSPS) is 15.0. The van der Waals surface area contributed by atoms with Gasteiger partial charge in [0.25, 0.3) is 11.8 Å². The van der Waals surface area contributed by atoms with Crippen molar-refractivity contribution in [3.63, 3.8) is 0 Å². The molecule has 0 aromatic heterocycles. The van der Waals surface area contributed by atoms with Crippen molar-refractivity contribution < 1.29 is 28.8 Å². The third-order valence-electron chi connectivity index (χ3n) is 2.04. The summed E-state index contributed by atoms with van der Waals surface area (Å²) in [5, 5.41) is 0.452. The molecular weight excluding hydrogens is 230 g/mol. The number of rotatable bonds is 5. The van der Waals surface area contributed by atoms with Gasteiger partial charge in [0.15, 0.2) is 0 Å². The van der Waals surface area contributed by atoms with Crippen LogP contribution in [0.5, 0.6) is 0 Å². The number of hydroxylamine groups is 2. The molecular formula is C10H13NO6. The third-order valence-corrected chi connectivity index (χ3v) is 2.04. The molecule has 0 aliphatic carbocycles. The Bertz CT molecular complexity index is 335. The fourth-order valence-corrected chi connectivity index (χ4v) is 1.24. The number of amides is 2. The van der Waals surface area contributed by atoms with E-state index in [9.17, 15) is 19.2 Å². The lowest BCUT2D eigenvalue weighted by Crippen LogP contribution is -2.32. The highest BCUT2D eigenvalue weighted by Gasteiger charge is 2.32. The van der Waals surface area contributed by atoms with Crippen LogP contribution in [0, 0.1) is 0 Å². The fraction of sp³-hybridized carbons (Fsp3) is 0.600. The van der Waals surface area contributed by atoms with Crippen molar-refractivity contribution in [2.75, 3.05) is 6.61 Å². The average Bonchev–Trinajstić information content (AvgIpc) is 2.58. The number of carbonyl (C=O) groups excluding carboxylic acids is 4. The minimum Gasteiger partial charge on any atom is -0.466 e. The van der Waals surface area contributed by atoms with E-state index in [4.69, 9.17) is 0 Å². The number of esters is 1. The van der Waals surface area contributed by atoms with E-state index < -0.39 is 23.8 Å². The first-order chi connectivity index (χ1) is 8.04. The van der Waals surface area contributed by atoms with Crippen molar-refractivity contribution in [2.24, 2.45) is 0 Å². The van der Waals surface area contributed by atoms with Crippen molar-refractivity contribution in [1.82, 2.24) is 5.06 Å². The van der Waals surface area contributed by atoms with E-state index in [1.807, 2.05) is 0 Å². The fourth-order valence-electron chi connectivity index (χ4n) is 1.24. The molecule has 0 saturated carbocycles. The standard InChI is InChI=1S/C10H13NO6/c1-2-16-9(14)5-6-10(15)17-11-7(12)3-4-8(11)13/h2-6H2,1H3. The van der Waals surface area contributed by atoms with E-state index in [0.717, 1.165) is 0 Å². The van der Waals surface area contributed by atoms with Gasteiger partial charge >= 0.3 is 11.9 Å². The summed E-state index contributed by atoms with van der Waals surface area (Å²) in [4.78, 5) is 48.9. The molecule has 1 aliphatic heterocycles. The summed E-state index contributed by atoms with van der Waals surface area (Å²) in [7, 11) is 0. The first-order valence-corrected chi connectivity index (χ1v) is 5.26. The molecule has 0 bridgehead atoms. The minimum absolute atomic E-state index is 0.0456. The SMILES string of the molecule is CCOC(=O)CCC(=O)ON1C(=O)CCC1=O. The molecule has 1 heterocycles. The topological polar surface area (TPSA) is 90.0 Å². The number of hydrogen-bond donors (Lipinski definition) is 0. The Morgan fingerprint density at radius 3 is 2.18 bits per heavy atom. The Balaban J connectivity index is 2.32. The molecule has 0 aromatic rings. The molecule has 0 N–H and O–H groups in total. The number of imide groups is 1. The number of ether oxygens (including phenoxy) is 1. The molecule has 17 heavy (non-hydrogen) atoms. The largest absolute Gasteiger partial charge is 0.466 e. The molecule has 94 valence electrons. The molecule has 0 atom stereocenters. The summed E-state index contributed by atoms with van der Waals surface area (Å²) >= 11 is 0. The van der Waals surface area contributed by atoms with E-state index in [-0.39, 0.29) is 32.3 Å². The van der Waals surface area contributed by atoms with Crippen molar-refractivity contribution in [3.8, 4) is 0 Å². The first-order valence-electron chi connectivity index (χ1n) is 5.26. The Kier molecular flexibility index (Phi) is 4.62. The van der Waals surface area contributed by atoms with Crippen molar-refractivity contribution >= 4 is 23.8 Å². The van der Waals surface area contributed by atoms with Crippen LogP contribution in [0.2, 0.25) is 0 Å². The molecule has 1 saturated heterocycles. The zero-order valence-electron chi connectivity index (χ0n) is 9.43. The predicted octanol–water partition coefficient (Wildman–Crippen LogP) is -0.0631. The highest BCUT2D eigenvalue weighted by Crippen LogP contribution is 2.12. The summed E-state index contributed by atoms with van der Waals surface area (Å²) in [6.45, 7) is 1.88. The Morgan fingerprint density at radius 2 is 1.65 bits per heavy atom. The molecule has 0 spiro atoms. The van der Waals surface area contributed by atoms with Gasteiger partial charge in [-0.2, -0.15) is 0 Å². The Morgan fingerprint density at radius 1 is 1.12 bits per heavy atom. The van der Waals surface area contributed by atoms with Gasteiger partial charge < -0.3 is 9.57 Å². The molecule has 7 nitrogen and oxygen atoms in total. The highest BCUT2D eigenvalue weighted by atomic mass is 16.7. The van der Waals surface area contributed by atoms with Crippen LogP contribution in [0.1, 0.15) is 32.6 Å². The number of nitrogens with zero attached hydrogens (tertiary/aromatic N) is 1. The maximum absolute atomic E-state index is 11.2. The number of hydrogen-bond acceptors (Lipinski definition) is 6. The summed E-state index contributed by atoms with van der Waals surface area (Å²) in [5.41, 5.74) is 0. The molecule has 0 radical (unpaired) electrons. The zero-order chi connectivity index (χ0) is 12.8. The van der Waals surface area contributed by atoms with Gasteiger partial charge in [-0.25, -0.2) is 4.79 Å². The smallest absolute Gasteiger partial charge is 0.333 e. The molecule has 1 rings (SSSR count). The van der Waals surface area contributed by atoms with Gasteiger partial charge in [0.1, 0.15) is 0 Å². The quantitative estimate of drug-likeness (QED) is 0.496. The predicted molar refractivity (Wildman–Crippen MR) is 53.0 cm³/mol.